The Morgan fingerprint density at radius 3 is 2.36 bits per heavy atom. The molecule has 11 heavy (non-hydrogen) atoms. The van der Waals surface area contributed by atoms with Gasteiger partial charge in [-0.3, -0.25) is 0 Å². The second-order valence-electron chi connectivity index (χ2n) is 2.52. The van der Waals surface area contributed by atoms with E-state index in [1.165, 1.54) is 5.56 Å². The number of hydrogen-bond acceptors (Lipinski definition) is 2. The van der Waals surface area contributed by atoms with Crippen molar-refractivity contribution in [2.75, 3.05) is 0 Å². The fourth-order valence-electron chi connectivity index (χ4n) is 0.848. The summed E-state index contributed by atoms with van der Waals surface area (Å²) in [5.74, 6) is 0. The molecule has 0 heterocycles. The number of aryl methyl sites for hydroxylation is 1. The summed E-state index contributed by atoms with van der Waals surface area (Å²) >= 11 is 0. The minimum atomic E-state index is -0.490. The van der Waals surface area contributed by atoms with Crippen molar-refractivity contribution in [2.45, 2.75) is 13.0 Å². The molecule has 0 fully saturated rings. The average Bonchev–Trinajstić information content (AvgIpc) is 2.05. The van der Waals surface area contributed by atoms with Crippen molar-refractivity contribution >= 4 is 0 Å². The molecule has 1 unspecified atom stereocenters. The van der Waals surface area contributed by atoms with Crippen LogP contribution in [0.3, 0.4) is 0 Å². The van der Waals surface area contributed by atoms with Gasteiger partial charge in [-0.25, -0.2) is 0 Å². The Labute approximate surface area is 66.3 Å². The summed E-state index contributed by atoms with van der Waals surface area (Å²) in [6, 6.07) is 9.15. The van der Waals surface area contributed by atoms with Crippen molar-refractivity contribution in [3.63, 3.8) is 0 Å². The minimum absolute atomic E-state index is 0.490. The van der Waals surface area contributed by atoms with Crippen LogP contribution >= 0.6 is 0 Å². The highest BCUT2D eigenvalue weighted by molar-refractivity contribution is 5.26. The van der Waals surface area contributed by atoms with E-state index in [1.807, 2.05) is 37.3 Å². The molecule has 1 aromatic carbocycles. The van der Waals surface area contributed by atoms with Crippen molar-refractivity contribution in [1.82, 2.24) is 0 Å². The first-order valence-electron chi connectivity index (χ1n) is 3.46. The maximum absolute atomic E-state index is 8.48. The molecule has 0 aliphatic rings. The molecule has 0 amide bonds. The molecule has 0 spiro atoms. The van der Waals surface area contributed by atoms with Gasteiger partial charge in [-0.1, -0.05) is 29.8 Å². The summed E-state index contributed by atoms with van der Waals surface area (Å²) in [5.41, 5.74) is 7.54. The summed E-state index contributed by atoms with van der Waals surface area (Å²) in [6.45, 7) is 2.00. The van der Waals surface area contributed by atoms with Crippen molar-refractivity contribution in [3.8, 4) is 6.07 Å². The maximum Gasteiger partial charge on any atom is 0.118 e. The molecule has 56 valence electrons. The van der Waals surface area contributed by atoms with Gasteiger partial charge in [0, 0.05) is 0 Å². The topological polar surface area (TPSA) is 49.8 Å². The summed E-state index contributed by atoms with van der Waals surface area (Å²) in [6.07, 6.45) is 0. The fourth-order valence-corrected chi connectivity index (χ4v) is 0.848. The lowest BCUT2D eigenvalue weighted by Crippen LogP contribution is -2.06. The molecule has 1 aromatic rings. The van der Waals surface area contributed by atoms with Gasteiger partial charge in [-0.2, -0.15) is 5.26 Å². The SMILES string of the molecule is Cc1ccc(C(N)C#N)cc1. The Morgan fingerprint density at radius 1 is 1.36 bits per heavy atom. The van der Waals surface area contributed by atoms with Gasteiger partial charge < -0.3 is 5.73 Å². The van der Waals surface area contributed by atoms with E-state index in [1.54, 1.807) is 0 Å². The molecule has 0 radical (unpaired) electrons. The van der Waals surface area contributed by atoms with Gasteiger partial charge in [-0.15, -0.1) is 0 Å². The number of hydrogen-bond donors (Lipinski definition) is 1. The Hall–Kier alpha value is -1.33. The number of nitriles is 1. The van der Waals surface area contributed by atoms with Gasteiger partial charge in [-0.05, 0) is 12.5 Å². The second-order valence-corrected chi connectivity index (χ2v) is 2.52. The Kier molecular flexibility index (Phi) is 2.25. The molecule has 0 aliphatic carbocycles. The van der Waals surface area contributed by atoms with Gasteiger partial charge in [0.1, 0.15) is 6.04 Å². The van der Waals surface area contributed by atoms with Crippen LogP contribution in [0.15, 0.2) is 24.3 Å². The molecule has 0 aromatic heterocycles. The molecule has 1 rings (SSSR count). The Bertz CT molecular complexity index is 269. The number of nitrogens with two attached hydrogens (primary N) is 1. The molecule has 2 heteroatoms. The number of benzene rings is 1. The second kappa shape index (κ2) is 3.18. The van der Waals surface area contributed by atoms with Crippen LogP contribution in [0.4, 0.5) is 0 Å². The normalized spacial score (nSPS) is 12.1. The van der Waals surface area contributed by atoms with E-state index in [2.05, 4.69) is 0 Å². The molecular weight excluding hydrogens is 136 g/mol. The largest absolute Gasteiger partial charge is 0.312 e. The highest BCUT2D eigenvalue weighted by atomic mass is 14.6. The number of rotatable bonds is 1. The summed E-state index contributed by atoms with van der Waals surface area (Å²) < 4.78 is 0. The van der Waals surface area contributed by atoms with Crippen molar-refractivity contribution in [1.29, 1.82) is 5.26 Å². The van der Waals surface area contributed by atoms with E-state index in [0.717, 1.165) is 5.56 Å². The smallest absolute Gasteiger partial charge is 0.118 e. The van der Waals surface area contributed by atoms with Crippen LogP contribution in [0.2, 0.25) is 0 Å². The lowest BCUT2D eigenvalue weighted by molar-refractivity contribution is 0.925. The Balaban J connectivity index is 2.92. The first-order chi connectivity index (χ1) is 5.24. The van der Waals surface area contributed by atoms with Crippen LogP contribution < -0.4 is 5.73 Å². The van der Waals surface area contributed by atoms with Crippen LogP contribution in [-0.2, 0) is 0 Å². The van der Waals surface area contributed by atoms with E-state index >= 15 is 0 Å². The predicted octanol–water partition coefficient (Wildman–Crippen LogP) is 1.52. The standard InChI is InChI=1S/C9H10N2/c1-7-2-4-8(5-3-7)9(11)6-10/h2-5,9H,11H2,1H3. The first-order valence-corrected chi connectivity index (χ1v) is 3.46. The van der Waals surface area contributed by atoms with E-state index < -0.39 is 6.04 Å². The van der Waals surface area contributed by atoms with Gasteiger partial charge in [0.05, 0.1) is 6.07 Å². The van der Waals surface area contributed by atoms with E-state index in [4.69, 9.17) is 11.0 Å². The van der Waals surface area contributed by atoms with Crippen LogP contribution in [0, 0.1) is 18.3 Å². The van der Waals surface area contributed by atoms with Crippen LogP contribution in [-0.4, -0.2) is 0 Å². The van der Waals surface area contributed by atoms with Crippen molar-refractivity contribution in [2.24, 2.45) is 5.73 Å². The third kappa shape index (κ3) is 1.79. The Morgan fingerprint density at radius 2 is 1.91 bits per heavy atom. The molecule has 0 saturated carbocycles. The molecule has 2 nitrogen and oxygen atoms in total. The third-order valence-corrected chi connectivity index (χ3v) is 1.58. The fraction of sp³-hybridized carbons (Fsp3) is 0.222. The molecule has 2 N–H and O–H groups in total. The quantitative estimate of drug-likeness (QED) is 0.653. The van der Waals surface area contributed by atoms with Crippen LogP contribution in [0.25, 0.3) is 0 Å². The lowest BCUT2D eigenvalue weighted by atomic mass is 10.1. The third-order valence-electron chi connectivity index (χ3n) is 1.58. The van der Waals surface area contributed by atoms with Gasteiger partial charge in [0.25, 0.3) is 0 Å². The number of nitrogens with zero attached hydrogens (tertiary/aromatic N) is 1. The maximum atomic E-state index is 8.48. The monoisotopic (exact) mass is 146 g/mol. The summed E-state index contributed by atoms with van der Waals surface area (Å²) in [5, 5.41) is 8.48. The highest BCUT2D eigenvalue weighted by Crippen LogP contribution is 2.09. The van der Waals surface area contributed by atoms with Crippen LogP contribution in [0.5, 0.6) is 0 Å². The average molecular weight is 146 g/mol. The highest BCUT2D eigenvalue weighted by Gasteiger charge is 2.01. The molecule has 1 atom stereocenters. The van der Waals surface area contributed by atoms with E-state index in [0.29, 0.717) is 0 Å². The van der Waals surface area contributed by atoms with Crippen molar-refractivity contribution in [3.05, 3.63) is 35.4 Å². The molecular formula is C9H10N2. The summed E-state index contributed by atoms with van der Waals surface area (Å²) in [7, 11) is 0. The zero-order chi connectivity index (χ0) is 8.27. The predicted molar refractivity (Wildman–Crippen MR) is 43.7 cm³/mol. The zero-order valence-corrected chi connectivity index (χ0v) is 6.41. The van der Waals surface area contributed by atoms with Crippen LogP contribution in [0.1, 0.15) is 17.2 Å². The first kappa shape index (κ1) is 7.77. The molecule has 0 aliphatic heterocycles. The van der Waals surface area contributed by atoms with Gasteiger partial charge >= 0.3 is 0 Å². The summed E-state index contributed by atoms with van der Waals surface area (Å²) in [4.78, 5) is 0. The van der Waals surface area contributed by atoms with Crippen molar-refractivity contribution < 1.29 is 0 Å². The van der Waals surface area contributed by atoms with Gasteiger partial charge in [0.15, 0.2) is 0 Å². The molecule has 0 saturated heterocycles. The zero-order valence-electron chi connectivity index (χ0n) is 6.41. The van der Waals surface area contributed by atoms with E-state index in [9.17, 15) is 0 Å². The minimum Gasteiger partial charge on any atom is -0.312 e. The van der Waals surface area contributed by atoms with E-state index in [-0.39, 0.29) is 0 Å². The van der Waals surface area contributed by atoms with Gasteiger partial charge in [0.2, 0.25) is 0 Å². The molecule has 0 bridgehead atoms. The lowest BCUT2D eigenvalue weighted by Gasteiger charge is -2.01.